The van der Waals surface area contributed by atoms with Crippen LogP contribution in [0.25, 0.3) is 99.1 Å². The molecule has 1 aromatic heterocycles. The molecule has 0 amide bonds. The van der Waals surface area contributed by atoms with Crippen LogP contribution in [-0.4, -0.2) is 11.3 Å². The number of nitrogens with zero attached hydrogens (tertiary/aromatic N) is 5. The van der Waals surface area contributed by atoms with Gasteiger partial charge in [0, 0.05) is 56.0 Å². The van der Waals surface area contributed by atoms with Crippen molar-refractivity contribution in [2.45, 2.75) is 6.18 Å². The zero-order valence-electron chi connectivity index (χ0n) is 48.2. The number of hydrogen-bond donors (Lipinski definition) is 0. The number of para-hydroxylation sites is 3. The molecule has 14 aromatic rings. The maximum atomic E-state index is 14.8. The SMILES string of the molecule is [C-]#[N+]c1ccc(-c2cc(C(F)(F)F)ccc2-n2c3ccccc3c3cc(-c4cc5c6c(c4)N(c4cc(-c7ccccc7)cc(-c7ccccc7)c4)c4ccccc4B6c4ccccc4N5c4cc(-c5ccccc5)cc(-c5ccccc5)c4)ccc32)c(C#N)c1. The Balaban J connectivity index is 0.985. The molecule has 0 N–H and O–H groups in total. The van der Waals surface area contributed by atoms with E-state index in [1.54, 1.807) is 12.1 Å². The zero-order valence-corrected chi connectivity index (χ0v) is 48.2. The first-order chi connectivity index (χ1) is 44.2. The molecule has 5 nitrogen and oxygen atoms in total. The Kier molecular flexibility index (Phi) is 12.8. The lowest BCUT2D eigenvalue weighted by atomic mass is 9.33. The summed E-state index contributed by atoms with van der Waals surface area (Å²) >= 11 is 0. The molecule has 422 valence electrons. The molecule has 0 atom stereocenters. The third kappa shape index (κ3) is 9.02. The molecule has 2 aliphatic heterocycles. The number of alkyl halides is 3. The van der Waals surface area contributed by atoms with Crippen LogP contribution in [0.4, 0.5) is 53.0 Å². The van der Waals surface area contributed by atoms with Crippen LogP contribution in [0.5, 0.6) is 0 Å². The summed E-state index contributed by atoms with van der Waals surface area (Å²) in [5, 5.41) is 12.3. The molecule has 90 heavy (non-hydrogen) atoms. The second kappa shape index (κ2) is 21.5. The average molecular weight is 1160 g/mol. The van der Waals surface area contributed by atoms with Gasteiger partial charge < -0.3 is 14.4 Å². The van der Waals surface area contributed by atoms with Gasteiger partial charge in [-0.15, -0.1) is 0 Å². The molecule has 2 aliphatic rings. The topological polar surface area (TPSA) is 39.6 Å². The van der Waals surface area contributed by atoms with Gasteiger partial charge in [-0.3, -0.25) is 0 Å². The van der Waals surface area contributed by atoms with E-state index in [4.69, 9.17) is 6.57 Å². The van der Waals surface area contributed by atoms with E-state index in [1.165, 1.54) is 23.1 Å². The lowest BCUT2D eigenvalue weighted by Gasteiger charge is -2.44. The number of hydrogen-bond acceptors (Lipinski definition) is 3. The predicted molar refractivity (Wildman–Crippen MR) is 363 cm³/mol. The van der Waals surface area contributed by atoms with Gasteiger partial charge in [-0.1, -0.05) is 194 Å². The molecule has 0 aliphatic carbocycles. The van der Waals surface area contributed by atoms with E-state index < -0.39 is 11.7 Å². The summed E-state index contributed by atoms with van der Waals surface area (Å²) in [7, 11) is 0. The Hall–Kier alpha value is -11.9. The van der Waals surface area contributed by atoms with Crippen molar-refractivity contribution in [3.8, 4) is 78.5 Å². The second-order valence-electron chi connectivity index (χ2n) is 22.9. The fourth-order valence-corrected chi connectivity index (χ4v) is 13.8. The van der Waals surface area contributed by atoms with E-state index in [9.17, 15) is 18.4 Å². The van der Waals surface area contributed by atoms with E-state index in [0.29, 0.717) is 11.3 Å². The molecule has 0 saturated heterocycles. The molecule has 13 aromatic carbocycles. The van der Waals surface area contributed by atoms with E-state index in [2.05, 4.69) is 263 Å². The van der Waals surface area contributed by atoms with E-state index in [0.717, 1.165) is 129 Å². The van der Waals surface area contributed by atoms with Crippen LogP contribution in [0.15, 0.2) is 297 Å². The molecule has 3 heterocycles. The van der Waals surface area contributed by atoms with Crippen molar-refractivity contribution in [2.24, 2.45) is 0 Å². The summed E-state index contributed by atoms with van der Waals surface area (Å²) < 4.78 is 46.3. The van der Waals surface area contributed by atoms with Crippen molar-refractivity contribution >= 4 is 84.7 Å². The molecule has 0 bridgehead atoms. The van der Waals surface area contributed by atoms with Crippen LogP contribution < -0.4 is 26.2 Å². The highest BCUT2D eigenvalue weighted by Gasteiger charge is 2.44. The van der Waals surface area contributed by atoms with Gasteiger partial charge in [-0.25, -0.2) is 4.85 Å². The molecule has 0 fully saturated rings. The first-order valence-electron chi connectivity index (χ1n) is 29.8. The highest BCUT2D eigenvalue weighted by Crippen LogP contribution is 2.50. The monoisotopic (exact) mass is 1160 g/mol. The highest BCUT2D eigenvalue weighted by molar-refractivity contribution is 7.00. The number of fused-ring (bicyclic) bond motifs is 7. The van der Waals surface area contributed by atoms with Crippen LogP contribution in [0.2, 0.25) is 0 Å². The predicted octanol–water partition coefficient (Wildman–Crippen LogP) is 20.3. The minimum Gasteiger partial charge on any atom is -0.311 e. The number of rotatable bonds is 9. The van der Waals surface area contributed by atoms with Crippen molar-refractivity contribution < 1.29 is 13.2 Å². The van der Waals surface area contributed by atoms with Gasteiger partial charge in [0.05, 0.1) is 34.9 Å². The summed E-state index contributed by atoms with van der Waals surface area (Å²) in [5.74, 6) is 0. The molecule has 16 rings (SSSR count). The largest absolute Gasteiger partial charge is 0.416 e. The van der Waals surface area contributed by atoms with Gasteiger partial charge in [0.2, 0.25) is 0 Å². The average Bonchev–Trinajstić information content (AvgIpc) is 0.751. The second-order valence-corrected chi connectivity index (χ2v) is 22.9. The summed E-state index contributed by atoms with van der Waals surface area (Å²) in [4.78, 5) is 8.45. The molecule has 0 saturated carbocycles. The fourth-order valence-electron chi connectivity index (χ4n) is 13.8. The van der Waals surface area contributed by atoms with Gasteiger partial charge in [0.25, 0.3) is 6.71 Å². The first-order valence-corrected chi connectivity index (χ1v) is 29.8. The van der Waals surface area contributed by atoms with Gasteiger partial charge >= 0.3 is 6.18 Å². The fraction of sp³-hybridized carbons (Fsp3) is 0.0123. The minimum absolute atomic E-state index is 0.102. The van der Waals surface area contributed by atoms with Gasteiger partial charge in [-0.05, 0) is 181 Å². The lowest BCUT2D eigenvalue weighted by molar-refractivity contribution is -0.137. The zero-order chi connectivity index (χ0) is 60.6. The lowest BCUT2D eigenvalue weighted by Crippen LogP contribution is -2.61. The van der Waals surface area contributed by atoms with Crippen molar-refractivity contribution in [1.29, 1.82) is 5.26 Å². The van der Waals surface area contributed by atoms with Crippen molar-refractivity contribution in [2.75, 3.05) is 9.80 Å². The Bertz CT molecular complexity index is 4970. The summed E-state index contributed by atoms with van der Waals surface area (Å²) in [6.07, 6.45) is -4.67. The molecular weight excluding hydrogens is 1110 g/mol. The third-order valence-corrected chi connectivity index (χ3v) is 17.8. The van der Waals surface area contributed by atoms with Crippen molar-refractivity contribution in [1.82, 2.24) is 4.57 Å². The number of halogens is 3. The van der Waals surface area contributed by atoms with E-state index >= 15 is 0 Å². The van der Waals surface area contributed by atoms with Gasteiger partial charge in [0.15, 0.2) is 5.69 Å². The first kappa shape index (κ1) is 53.6. The van der Waals surface area contributed by atoms with Crippen LogP contribution in [0, 0.1) is 17.9 Å². The molecule has 0 radical (unpaired) electrons. The molecular formula is C81H49BF3N5. The highest BCUT2D eigenvalue weighted by atomic mass is 19.4. The normalized spacial score (nSPS) is 12.3. The number of benzene rings is 13. The number of nitriles is 1. The maximum absolute atomic E-state index is 14.8. The van der Waals surface area contributed by atoms with Gasteiger partial charge in [0.1, 0.15) is 0 Å². The van der Waals surface area contributed by atoms with Crippen LogP contribution in [0.3, 0.4) is 0 Å². The van der Waals surface area contributed by atoms with E-state index in [1.807, 2.05) is 22.8 Å². The Morgan fingerprint density at radius 2 is 0.833 bits per heavy atom. The van der Waals surface area contributed by atoms with E-state index in [-0.39, 0.29) is 23.5 Å². The Morgan fingerprint density at radius 1 is 0.367 bits per heavy atom. The van der Waals surface area contributed by atoms with Crippen molar-refractivity contribution in [3.63, 3.8) is 0 Å². The van der Waals surface area contributed by atoms with Crippen LogP contribution in [-0.2, 0) is 6.18 Å². The maximum Gasteiger partial charge on any atom is 0.416 e. The quantitative estimate of drug-likeness (QED) is 0.107. The third-order valence-electron chi connectivity index (χ3n) is 17.8. The summed E-state index contributed by atoms with van der Waals surface area (Å²) in [5.41, 5.74) is 22.3. The van der Waals surface area contributed by atoms with Crippen LogP contribution in [0.1, 0.15) is 11.1 Å². The standard InChI is InChI=1S/C81H49BF3N5/c1-87-64-36-37-67(62(42-64)51-86)70-50-63(81(83,84)85)35-39-75(70)90-73-31-17-14-28-68(73)69-47-56(34-38-74(69)90)61-48-78-80-79(49-61)89(66-45-59(54-24-10-4-11-25-54)41-60(46-66)55-26-12-5-13-27-55)77-33-19-16-30-72(77)82(80)71-29-15-18-32-76(71)88(78)65-43-57(52-20-6-2-7-21-52)40-58(44-65)53-22-8-3-9-23-53/h2-50H. The summed E-state index contributed by atoms with van der Waals surface area (Å²) in [6.45, 7) is 7.50. The number of aromatic nitrogens is 1. The van der Waals surface area contributed by atoms with Crippen LogP contribution >= 0.6 is 0 Å². The minimum atomic E-state index is -4.67. The molecule has 9 heteroatoms. The molecule has 0 unspecified atom stereocenters. The van der Waals surface area contributed by atoms with Gasteiger partial charge in [-0.2, -0.15) is 18.4 Å². The van der Waals surface area contributed by atoms with Crippen molar-refractivity contribution in [3.05, 3.63) is 320 Å². The number of anilines is 6. The molecule has 0 spiro atoms. The Morgan fingerprint density at radius 3 is 1.33 bits per heavy atom. The summed E-state index contributed by atoms with van der Waals surface area (Å²) in [6, 6.07) is 103. The Labute approximate surface area is 519 Å². The smallest absolute Gasteiger partial charge is 0.311 e.